The van der Waals surface area contributed by atoms with Crippen LogP contribution >= 0.6 is 15.9 Å². The highest BCUT2D eigenvalue weighted by Crippen LogP contribution is 2.27. The molecule has 0 saturated carbocycles. The SMILES string of the molecule is CCCCCN(c1cc(Br)ccc1C(=N)N)C(C)C. The molecule has 0 fully saturated rings. The first-order chi connectivity index (χ1) is 8.97. The number of nitrogens with one attached hydrogen (secondary N) is 1. The van der Waals surface area contributed by atoms with Crippen LogP contribution in [-0.2, 0) is 0 Å². The van der Waals surface area contributed by atoms with Gasteiger partial charge in [0, 0.05) is 28.3 Å². The number of rotatable bonds is 7. The predicted octanol–water partition coefficient (Wildman–Crippen LogP) is 4.14. The Labute approximate surface area is 124 Å². The summed E-state index contributed by atoms with van der Waals surface area (Å²) in [5.41, 5.74) is 7.56. The molecule has 0 aromatic heterocycles. The third-order valence-corrected chi connectivity index (χ3v) is 3.68. The van der Waals surface area contributed by atoms with Crippen molar-refractivity contribution in [3.05, 3.63) is 28.2 Å². The second-order valence-corrected chi connectivity index (χ2v) is 5.99. The maximum absolute atomic E-state index is 7.73. The summed E-state index contributed by atoms with van der Waals surface area (Å²) >= 11 is 3.51. The van der Waals surface area contributed by atoms with Crippen LogP contribution in [0.1, 0.15) is 45.6 Å². The Morgan fingerprint density at radius 2 is 2.05 bits per heavy atom. The van der Waals surface area contributed by atoms with Gasteiger partial charge in [-0.1, -0.05) is 35.7 Å². The van der Waals surface area contributed by atoms with Gasteiger partial charge in [0.2, 0.25) is 0 Å². The highest BCUT2D eigenvalue weighted by Gasteiger charge is 2.16. The molecule has 0 aliphatic heterocycles. The van der Waals surface area contributed by atoms with Gasteiger partial charge >= 0.3 is 0 Å². The number of hydrogen-bond donors (Lipinski definition) is 2. The predicted molar refractivity (Wildman–Crippen MR) is 87.2 cm³/mol. The van der Waals surface area contributed by atoms with Gasteiger partial charge in [-0.25, -0.2) is 0 Å². The quantitative estimate of drug-likeness (QED) is 0.449. The number of nitrogens with zero attached hydrogens (tertiary/aromatic N) is 1. The van der Waals surface area contributed by atoms with Crippen LogP contribution in [0.3, 0.4) is 0 Å². The summed E-state index contributed by atoms with van der Waals surface area (Å²) < 4.78 is 1.02. The number of unbranched alkanes of at least 4 members (excludes halogenated alkanes) is 2. The average molecular weight is 326 g/mol. The summed E-state index contributed by atoms with van der Waals surface area (Å²) in [6.45, 7) is 7.57. The van der Waals surface area contributed by atoms with Crippen LogP contribution in [0.2, 0.25) is 0 Å². The van der Waals surface area contributed by atoms with Crippen molar-refractivity contribution in [1.29, 1.82) is 5.41 Å². The van der Waals surface area contributed by atoms with Crippen molar-refractivity contribution >= 4 is 27.5 Å². The van der Waals surface area contributed by atoms with E-state index in [4.69, 9.17) is 11.1 Å². The first kappa shape index (κ1) is 16.0. The van der Waals surface area contributed by atoms with Crippen molar-refractivity contribution < 1.29 is 0 Å². The van der Waals surface area contributed by atoms with E-state index in [1.807, 2.05) is 12.1 Å². The molecule has 0 bridgehead atoms. The lowest BCUT2D eigenvalue weighted by Crippen LogP contribution is -2.33. The number of nitrogens with two attached hydrogens (primary N) is 1. The number of anilines is 1. The molecule has 1 rings (SSSR count). The minimum Gasteiger partial charge on any atom is -0.384 e. The molecule has 3 nitrogen and oxygen atoms in total. The summed E-state index contributed by atoms with van der Waals surface area (Å²) in [7, 11) is 0. The first-order valence-electron chi connectivity index (χ1n) is 6.88. The van der Waals surface area contributed by atoms with Gasteiger partial charge in [-0.3, -0.25) is 5.41 Å². The zero-order valence-corrected chi connectivity index (χ0v) is 13.6. The Hall–Kier alpha value is -1.03. The maximum atomic E-state index is 7.73. The van der Waals surface area contributed by atoms with Crippen LogP contribution in [-0.4, -0.2) is 18.4 Å². The molecule has 0 spiro atoms. The Morgan fingerprint density at radius 3 is 2.58 bits per heavy atom. The molecule has 0 unspecified atom stereocenters. The maximum Gasteiger partial charge on any atom is 0.124 e. The largest absolute Gasteiger partial charge is 0.384 e. The number of halogens is 1. The number of nitrogen functional groups attached to an aromatic ring is 1. The fourth-order valence-electron chi connectivity index (χ4n) is 2.16. The van der Waals surface area contributed by atoms with Crippen LogP contribution in [0.4, 0.5) is 5.69 Å². The van der Waals surface area contributed by atoms with E-state index in [0.29, 0.717) is 6.04 Å². The van der Waals surface area contributed by atoms with Crippen LogP contribution in [0.25, 0.3) is 0 Å². The van der Waals surface area contributed by atoms with Crippen LogP contribution in [0.5, 0.6) is 0 Å². The van der Waals surface area contributed by atoms with Crippen molar-refractivity contribution in [3.63, 3.8) is 0 Å². The monoisotopic (exact) mass is 325 g/mol. The van der Waals surface area contributed by atoms with E-state index in [1.54, 1.807) is 0 Å². The van der Waals surface area contributed by atoms with Crippen molar-refractivity contribution in [1.82, 2.24) is 0 Å². The van der Waals surface area contributed by atoms with Crippen LogP contribution in [0, 0.1) is 5.41 Å². The van der Waals surface area contributed by atoms with Gasteiger partial charge in [-0.15, -0.1) is 0 Å². The van der Waals surface area contributed by atoms with E-state index >= 15 is 0 Å². The Kier molecular flexibility index (Phi) is 6.35. The molecule has 4 heteroatoms. The minimum atomic E-state index is 0.128. The zero-order chi connectivity index (χ0) is 14.4. The summed E-state index contributed by atoms with van der Waals surface area (Å²) in [6.07, 6.45) is 3.61. The summed E-state index contributed by atoms with van der Waals surface area (Å²) in [4.78, 5) is 2.33. The number of amidine groups is 1. The van der Waals surface area contributed by atoms with Crippen LogP contribution < -0.4 is 10.6 Å². The minimum absolute atomic E-state index is 0.128. The van der Waals surface area contributed by atoms with Crippen LogP contribution in [0.15, 0.2) is 22.7 Å². The number of benzene rings is 1. The Morgan fingerprint density at radius 1 is 1.37 bits per heavy atom. The molecule has 0 heterocycles. The van der Waals surface area contributed by atoms with Gasteiger partial charge < -0.3 is 10.6 Å². The van der Waals surface area contributed by atoms with Crippen molar-refractivity contribution in [2.45, 2.75) is 46.1 Å². The lowest BCUT2D eigenvalue weighted by Gasteiger charge is -2.31. The van der Waals surface area contributed by atoms with Crippen molar-refractivity contribution in [3.8, 4) is 0 Å². The van der Waals surface area contributed by atoms with E-state index in [1.165, 1.54) is 19.3 Å². The molecule has 1 aromatic rings. The van der Waals surface area contributed by atoms with Gasteiger partial charge in [0.15, 0.2) is 0 Å². The van der Waals surface area contributed by atoms with E-state index < -0.39 is 0 Å². The standard InChI is InChI=1S/C15H24BrN3/c1-4-5-6-9-19(11(2)3)14-10-12(16)7-8-13(14)15(17)18/h7-8,10-11H,4-6,9H2,1-3H3,(H3,17,18). The molecule has 3 N–H and O–H groups in total. The lowest BCUT2D eigenvalue weighted by atomic mass is 10.1. The summed E-state index contributed by atoms with van der Waals surface area (Å²) in [5, 5.41) is 7.73. The van der Waals surface area contributed by atoms with Crippen molar-refractivity contribution in [2.24, 2.45) is 5.73 Å². The molecule has 0 aliphatic carbocycles. The lowest BCUT2D eigenvalue weighted by molar-refractivity contribution is 0.625. The fraction of sp³-hybridized carbons (Fsp3) is 0.533. The summed E-state index contributed by atoms with van der Waals surface area (Å²) in [5.74, 6) is 0.128. The van der Waals surface area contributed by atoms with Gasteiger partial charge in [0.25, 0.3) is 0 Å². The second kappa shape index (κ2) is 7.53. The van der Waals surface area contributed by atoms with Gasteiger partial charge in [-0.05, 0) is 38.5 Å². The molecular formula is C15H24BrN3. The smallest absolute Gasteiger partial charge is 0.124 e. The van der Waals surface area contributed by atoms with E-state index in [9.17, 15) is 0 Å². The number of hydrogen-bond acceptors (Lipinski definition) is 2. The average Bonchev–Trinajstić information content (AvgIpc) is 2.33. The highest BCUT2D eigenvalue weighted by molar-refractivity contribution is 9.10. The van der Waals surface area contributed by atoms with Crippen molar-refractivity contribution in [2.75, 3.05) is 11.4 Å². The molecule has 0 radical (unpaired) electrons. The highest BCUT2D eigenvalue weighted by atomic mass is 79.9. The van der Waals surface area contributed by atoms with E-state index in [-0.39, 0.29) is 5.84 Å². The van der Waals surface area contributed by atoms with Gasteiger partial charge in [0.1, 0.15) is 5.84 Å². The molecule has 0 aliphatic rings. The normalized spacial score (nSPS) is 10.8. The molecule has 0 saturated heterocycles. The van der Waals surface area contributed by atoms with Gasteiger partial charge in [0.05, 0.1) is 0 Å². The molecule has 106 valence electrons. The third kappa shape index (κ3) is 4.53. The molecule has 0 amide bonds. The first-order valence-corrected chi connectivity index (χ1v) is 7.67. The summed E-state index contributed by atoms with van der Waals surface area (Å²) in [6, 6.07) is 6.30. The van der Waals surface area contributed by atoms with E-state index in [2.05, 4.69) is 47.7 Å². The molecular weight excluding hydrogens is 302 g/mol. The fourth-order valence-corrected chi connectivity index (χ4v) is 2.51. The van der Waals surface area contributed by atoms with E-state index in [0.717, 1.165) is 22.3 Å². The second-order valence-electron chi connectivity index (χ2n) is 5.07. The molecule has 1 aromatic carbocycles. The Bertz CT molecular complexity index is 429. The topological polar surface area (TPSA) is 53.1 Å². The Balaban J connectivity index is 3.06. The molecule has 0 atom stereocenters. The molecule has 19 heavy (non-hydrogen) atoms. The third-order valence-electron chi connectivity index (χ3n) is 3.19. The zero-order valence-electron chi connectivity index (χ0n) is 12.0. The van der Waals surface area contributed by atoms with Gasteiger partial charge in [-0.2, -0.15) is 0 Å².